The molecule has 16 aromatic rings. The molecular weight excluding hydrogens is 1640 g/mol. The molecular formula is C117H80B4O12. The summed E-state index contributed by atoms with van der Waals surface area (Å²) in [6, 6.07) is 115. The van der Waals surface area contributed by atoms with E-state index in [9.17, 15) is 40.2 Å². The summed E-state index contributed by atoms with van der Waals surface area (Å²) in [6.07, 6.45) is 31.2. The Morgan fingerprint density at radius 2 is 0.398 bits per heavy atom. The monoisotopic (exact) mass is 1720 g/mol. The Morgan fingerprint density at radius 3 is 0.594 bits per heavy atom. The first-order valence-electron chi connectivity index (χ1n) is 43.5. The third-order valence-electron chi connectivity index (χ3n) is 25.5. The molecule has 4 aliphatic carbocycles. The van der Waals surface area contributed by atoms with Gasteiger partial charge >= 0.3 is 28.5 Å². The lowest BCUT2D eigenvalue weighted by atomic mass is 9.64. The fourth-order valence-corrected chi connectivity index (χ4v) is 19.3. The minimum atomic E-state index is -1.67. The summed E-state index contributed by atoms with van der Waals surface area (Å²) in [5.41, 5.74) is 34.4. The zero-order valence-corrected chi connectivity index (χ0v) is 71.8. The zero-order valence-electron chi connectivity index (χ0n) is 71.8. The van der Waals surface area contributed by atoms with E-state index in [1.807, 2.05) is 97.1 Å². The van der Waals surface area contributed by atoms with Gasteiger partial charge in [0, 0.05) is 0 Å². The van der Waals surface area contributed by atoms with Crippen LogP contribution in [-0.4, -0.2) is 95.1 Å². The van der Waals surface area contributed by atoms with Crippen molar-refractivity contribution in [3.05, 3.63) is 429 Å². The minimum Gasteiger partial charge on any atom is -0.481 e. The molecule has 0 saturated heterocycles. The second-order valence-corrected chi connectivity index (χ2v) is 33.3. The second kappa shape index (κ2) is 36.1. The van der Waals surface area contributed by atoms with Gasteiger partial charge in [0.25, 0.3) is 0 Å². The van der Waals surface area contributed by atoms with Gasteiger partial charge in [-0.15, -0.1) is 25.7 Å². The van der Waals surface area contributed by atoms with Crippen LogP contribution in [0.3, 0.4) is 0 Å². The number of benzene rings is 16. The van der Waals surface area contributed by atoms with Crippen molar-refractivity contribution in [2.24, 2.45) is 0 Å². The quantitative estimate of drug-likeness (QED) is 0.0162. The predicted molar refractivity (Wildman–Crippen MR) is 539 cm³/mol. The molecule has 20 rings (SSSR count). The largest absolute Gasteiger partial charge is 0.488 e. The summed E-state index contributed by atoms with van der Waals surface area (Å²) >= 11 is 0. The van der Waals surface area contributed by atoms with Crippen LogP contribution in [0.2, 0.25) is 0 Å². The van der Waals surface area contributed by atoms with Gasteiger partial charge in [0.2, 0.25) is 0 Å². The molecule has 0 bridgehead atoms. The second-order valence-electron chi connectivity index (χ2n) is 33.3. The van der Waals surface area contributed by atoms with Crippen molar-refractivity contribution in [2.45, 2.75) is 5.41 Å². The molecule has 133 heavy (non-hydrogen) atoms. The number of ether oxygens (including phenoxy) is 4. The van der Waals surface area contributed by atoms with Gasteiger partial charge in [-0.3, -0.25) is 0 Å². The summed E-state index contributed by atoms with van der Waals surface area (Å²) in [7, 11) is -6.67. The molecule has 0 saturated carbocycles. The van der Waals surface area contributed by atoms with E-state index < -0.39 is 33.9 Å². The molecule has 16 heteroatoms. The standard InChI is InChI=1S/C117H80B4O12/c1-5-53-130-93-41-49-101-97-45-29-81(65-109(97)105(113(101)69-93)61-73-13-9-17-89(57-73)118(122)123)77-21-33-85(34-22-77)117(86-35-23-78(24-36-86)82-30-46-98-102-50-42-94(131-54-6-2)70-114(102)106(110(98)66-82)62-74-14-10-18-90(58-74)119(124)125,87-37-25-79(26-38-87)83-31-47-99-103-51-43-95(132-55-7-3)71-115(103)107(111(99)67-83)63-75-15-11-19-91(59-75)120(126)127)88-39-27-80(28-40-88)84-32-48-100-104-52-44-96(133-56-8-4)72-116(104)108(112(100)68-84)64-76-16-12-20-92(60-76)121(128)129/h1-4,9-52,57-72,122-129H,53-56H2/b105-61-,106-62-,107-63-,108-64-. The van der Waals surface area contributed by atoms with E-state index in [0.717, 1.165) is 200 Å². The van der Waals surface area contributed by atoms with Gasteiger partial charge < -0.3 is 59.1 Å². The molecule has 12 nitrogen and oxygen atoms in total. The molecule has 16 aromatic carbocycles. The van der Waals surface area contributed by atoms with Crippen LogP contribution < -0.4 is 40.8 Å². The van der Waals surface area contributed by atoms with Gasteiger partial charge in [-0.1, -0.05) is 291 Å². The highest BCUT2D eigenvalue weighted by Crippen LogP contribution is 2.55. The van der Waals surface area contributed by atoms with Crippen molar-refractivity contribution < 1.29 is 59.1 Å². The molecule has 0 amide bonds. The minimum absolute atomic E-state index is 0.0904. The molecule has 0 radical (unpaired) electrons. The van der Waals surface area contributed by atoms with Gasteiger partial charge in [-0.05, 0) is 319 Å². The normalized spacial score (nSPS) is 13.3. The summed E-state index contributed by atoms with van der Waals surface area (Å²) in [5.74, 6) is 12.9. The Balaban J connectivity index is 0.765. The number of terminal acetylenes is 4. The average Bonchev–Trinajstić information content (AvgIpc) is 1.73. The van der Waals surface area contributed by atoms with Crippen molar-refractivity contribution in [3.8, 4) is 161 Å². The SMILES string of the molecule is C#CCOc1ccc2c(c1)/C(=C\c1cccc(B(O)O)c1)c1cc(-c3ccc(C(c4ccc(-c5ccc6c(c5)/C(=C/c5cccc(B(O)O)c5)c5cc(OCC#C)ccc5-6)cc4)(c4ccc(-c5ccc6c(c5)/C(=C/c5cccc(B(O)O)c5)c5cc(OCC#C)ccc5-6)cc4)c4ccc(-c5ccc6c(c5)/C(=C/c5cccc(B(O)O)c5)c5cc(OCC#C)ccc5-6)cc4)cc3)ccc1-2. The van der Waals surface area contributed by atoms with E-state index in [-0.39, 0.29) is 26.4 Å². The van der Waals surface area contributed by atoms with Gasteiger partial charge in [0.15, 0.2) is 0 Å². The smallest absolute Gasteiger partial charge is 0.481 e. The summed E-state index contributed by atoms with van der Waals surface area (Å²) in [6.45, 7) is 0.362. The van der Waals surface area contributed by atoms with Crippen molar-refractivity contribution in [3.63, 3.8) is 0 Å². The highest BCUT2D eigenvalue weighted by Gasteiger charge is 2.40. The molecule has 4 aliphatic rings. The van der Waals surface area contributed by atoms with Crippen LogP contribution in [0.1, 0.15) is 89.0 Å². The maximum Gasteiger partial charge on any atom is 0.488 e. The molecule has 0 fully saturated rings. The summed E-state index contributed by atoms with van der Waals surface area (Å²) < 4.78 is 24.1. The Bertz CT molecular complexity index is 6780. The molecule has 0 spiro atoms. The van der Waals surface area contributed by atoms with Crippen LogP contribution in [0.25, 0.3) is 136 Å². The molecule has 0 heterocycles. The topological polar surface area (TPSA) is 199 Å². The van der Waals surface area contributed by atoms with E-state index >= 15 is 0 Å². The maximum atomic E-state index is 10.4. The van der Waals surface area contributed by atoms with E-state index in [2.05, 4.69) is 242 Å². The predicted octanol–water partition coefficient (Wildman–Crippen LogP) is 17.8. The molecule has 0 aromatic heterocycles. The number of rotatable bonds is 24. The van der Waals surface area contributed by atoms with E-state index in [1.54, 1.807) is 48.5 Å². The highest BCUT2D eigenvalue weighted by molar-refractivity contribution is 6.60. The van der Waals surface area contributed by atoms with E-state index in [0.29, 0.717) is 44.8 Å². The Labute approximate surface area is 773 Å². The average molecular weight is 1720 g/mol. The van der Waals surface area contributed by atoms with Crippen LogP contribution in [0, 0.1) is 49.4 Å². The molecule has 0 atom stereocenters. The molecule has 0 aliphatic heterocycles. The molecule has 8 N–H and O–H groups in total. The van der Waals surface area contributed by atoms with E-state index in [1.165, 1.54) is 0 Å². The Kier molecular flexibility index (Phi) is 23.0. The van der Waals surface area contributed by atoms with Crippen LogP contribution in [0.4, 0.5) is 0 Å². The lowest BCUT2D eigenvalue weighted by Gasteiger charge is -2.37. The number of hydrogen-bond acceptors (Lipinski definition) is 12. The first kappa shape index (κ1) is 85.0. The Hall–Kier alpha value is -16.1. The summed E-state index contributed by atoms with van der Waals surface area (Å²) in [5, 5.41) is 83.0. The first-order chi connectivity index (χ1) is 65.0. The molecule has 0 unspecified atom stereocenters. The lowest BCUT2D eigenvalue weighted by molar-refractivity contribution is 0.370. The van der Waals surface area contributed by atoms with Crippen molar-refractivity contribution >= 4 is 96.9 Å². The zero-order chi connectivity index (χ0) is 91.1. The fraction of sp³-hybridized carbons (Fsp3) is 0.0427. The van der Waals surface area contributed by atoms with Gasteiger partial charge in [0.1, 0.15) is 49.4 Å². The van der Waals surface area contributed by atoms with Crippen LogP contribution in [0.5, 0.6) is 23.0 Å². The third kappa shape index (κ3) is 16.3. The number of fused-ring (bicyclic) bond motifs is 12. The third-order valence-corrected chi connectivity index (χ3v) is 25.5. The van der Waals surface area contributed by atoms with Crippen molar-refractivity contribution in [1.29, 1.82) is 0 Å². The fourth-order valence-electron chi connectivity index (χ4n) is 19.3. The number of hydrogen-bond donors (Lipinski definition) is 8. The Morgan fingerprint density at radius 1 is 0.211 bits per heavy atom. The van der Waals surface area contributed by atoms with Gasteiger partial charge in [-0.25, -0.2) is 0 Å². The van der Waals surface area contributed by atoms with Gasteiger partial charge in [-0.2, -0.15) is 0 Å². The van der Waals surface area contributed by atoms with Crippen molar-refractivity contribution in [1.82, 2.24) is 0 Å². The van der Waals surface area contributed by atoms with Crippen LogP contribution in [0.15, 0.2) is 340 Å². The van der Waals surface area contributed by atoms with Crippen LogP contribution in [-0.2, 0) is 5.41 Å². The lowest BCUT2D eigenvalue weighted by Crippen LogP contribution is -2.31. The molecule has 632 valence electrons. The first-order valence-corrected chi connectivity index (χ1v) is 43.5. The van der Waals surface area contributed by atoms with E-state index in [4.69, 9.17) is 44.6 Å². The highest BCUT2D eigenvalue weighted by atomic mass is 16.5. The van der Waals surface area contributed by atoms with Gasteiger partial charge in [0.05, 0.1) is 5.41 Å². The summed E-state index contributed by atoms with van der Waals surface area (Å²) in [4.78, 5) is 0. The van der Waals surface area contributed by atoms with Crippen molar-refractivity contribution in [2.75, 3.05) is 26.4 Å². The maximum absolute atomic E-state index is 10.4. The van der Waals surface area contributed by atoms with Crippen LogP contribution >= 0.6 is 0 Å².